The molecule has 0 spiro atoms. The van der Waals surface area contributed by atoms with E-state index in [4.69, 9.17) is 0 Å². The first-order valence-electron chi connectivity index (χ1n) is 10.8. The Morgan fingerprint density at radius 1 is 1.17 bits per heavy atom. The number of aromatic nitrogens is 2. The summed E-state index contributed by atoms with van der Waals surface area (Å²) >= 11 is 0. The number of carbonyl (C=O) groups excluding carboxylic acids is 1. The minimum Gasteiger partial charge on any atom is -0.373 e. The molecular weight excluding hydrogens is 358 g/mol. The van der Waals surface area contributed by atoms with Crippen molar-refractivity contribution in [2.75, 3.05) is 5.32 Å². The zero-order valence-electron chi connectivity index (χ0n) is 17.8. The summed E-state index contributed by atoms with van der Waals surface area (Å²) in [6, 6.07) is 8.67. The molecule has 0 radical (unpaired) electrons. The van der Waals surface area contributed by atoms with Crippen molar-refractivity contribution >= 4 is 17.0 Å². The zero-order chi connectivity index (χ0) is 20.4. The fraction of sp³-hybridized carbons (Fsp3) is 0.440. The molecule has 3 aromatic rings. The van der Waals surface area contributed by atoms with Crippen molar-refractivity contribution in [3.05, 3.63) is 53.5 Å². The molecule has 0 bridgehead atoms. The molecule has 150 valence electrons. The van der Waals surface area contributed by atoms with E-state index in [1.807, 2.05) is 26.4 Å². The molecule has 29 heavy (non-hydrogen) atoms. The van der Waals surface area contributed by atoms with Crippen LogP contribution in [0.25, 0.3) is 16.8 Å². The molecule has 3 heterocycles. The van der Waals surface area contributed by atoms with Crippen molar-refractivity contribution in [2.24, 2.45) is 0 Å². The summed E-state index contributed by atoms with van der Waals surface area (Å²) in [5.41, 5.74) is 7.76. The Morgan fingerprint density at radius 3 is 2.76 bits per heavy atom. The van der Waals surface area contributed by atoms with Gasteiger partial charge in [0.15, 0.2) is 5.78 Å². The summed E-state index contributed by atoms with van der Waals surface area (Å²) in [7, 11) is 0. The van der Waals surface area contributed by atoms with Gasteiger partial charge in [-0.1, -0.05) is 19.4 Å². The van der Waals surface area contributed by atoms with Gasteiger partial charge in [-0.15, -0.1) is 0 Å². The van der Waals surface area contributed by atoms with Gasteiger partial charge in [-0.25, -0.2) is 4.98 Å². The molecule has 1 aliphatic heterocycles. The number of imidazole rings is 1. The maximum Gasteiger partial charge on any atom is 0.167 e. The molecular formula is C25H29N3O. The van der Waals surface area contributed by atoms with Crippen LogP contribution in [0.5, 0.6) is 0 Å². The summed E-state index contributed by atoms with van der Waals surface area (Å²) in [6.45, 7) is 8.40. The average molecular weight is 388 g/mol. The fourth-order valence-corrected chi connectivity index (χ4v) is 5.69. The van der Waals surface area contributed by atoms with Crippen molar-refractivity contribution < 1.29 is 4.79 Å². The van der Waals surface area contributed by atoms with E-state index in [1.54, 1.807) is 0 Å². The van der Waals surface area contributed by atoms with Gasteiger partial charge in [-0.2, -0.15) is 0 Å². The van der Waals surface area contributed by atoms with Gasteiger partial charge in [0.05, 0.1) is 34.7 Å². The van der Waals surface area contributed by atoms with Crippen LogP contribution in [0.1, 0.15) is 63.6 Å². The van der Waals surface area contributed by atoms with Gasteiger partial charge in [-0.3, -0.25) is 9.20 Å². The number of rotatable bonds is 3. The van der Waals surface area contributed by atoms with Crippen molar-refractivity contribution in [1.82, 2.24) is 9.38 Å². The highest BCUT2D eigenvalue weighted by atomic mass is 16.1. The molecule has 0 amide bonds. The molecule has 0 saturated carbocycles. The highest BCUT2D eigenvalue weighted by molar-refractivity contribution is 6.04. The highest BCUT2D eigenvalue weighted by Crippen LogP contribution is 2.49. The first kappa shape index (κ1) is 18.4. The van der Waals surface area contributed by atoms with Crippen molar-refractivity contribution in [3.63, 3.8) is 0 Å². The zero-order valence-corrected chi connectivity index (χ0v) is 17.8. The summed E-state index contributed by atoms with van der Waals surface area (Å²) in [5.74, 6) is 0.295. The van der Waals surface area contributed by atoms with E-state index in [0.29, 0.717) is 5.78 Å². The van der Waals surface area contributed by atoms with Crippen LogP contribution in [-0.2, 0) is 23.1 Å². The lowest BCUT2D eigenvalue weighted by molar-refractivity contribution is -0.128. The number of nitrogens with zero attached hydrogens (tertiary/aromatic N) is 2. The number of benzene rings is 1. The normalized spacial score (nSPS) is 22.4. The average Bonchev–Trinajstić information content (AvgIpc) is 3.36. The number of nitrogens with one attached hydrogen (secondary N) is 1. The molecule has 4 nitrogen and oxygen atoms in total. The molecule has 1 N–H and O–H groups in total. The molecule has 1 aromatic carbocycles. The number of ketones is 1. The summed E-state index contributed by atoms with van der Waals surface area (Å²) in [6.07, 6.45) is 8.98. The molecule has 0 fully saturated rings. The number of pyridine rings is 1. The second-order valence-corrected chi connectivity index (χ2v) is 9.42. The maximum absolute atomic E-state index is 13.6. The molecule has 2 aromatic heterocycles. The quantitative estimate of drug-likeness (QED) is 0.661. The predicted octanol–water partition coefficient (Wildman–Crippen LogP) is 5.32. The molecule has 1 atom stereocenters. The number of hydrogen-bond donors (Lipinski definition) is 1. The molecule has 4 heteroatoms. The van der Waals surface area contributed by atoms with E-state index < -0.39 is 11.0 Å². The van der Waals surface area contributed by atoms with Crippen LogP contribution in [0.15, 0.2) is 36.8 Å². The number of Topliss-reactive ketones (excluding diaryl/α,β-unsaturated/α-hetero) is 1. The maximum atomic E-state index is 13.6. The van der Waals surface area contributed by atoms with E-state index in [2.05, 4.69) is 52.8 Å². The van der Waals surface area contributed by atoms with Crippen molar-refractivity contribution in [3.8, 4) is 11.3 Å². The SMILES string of the molecule is CCCC1(C)C(=O)C(C)(C)Nc2c1cc(-c1cccc3cncn13)c1c2CCC1. The van der Waals surface area contributed by atoms with Crippen LogP contribution in [0.3, 0.4) is 0 Å². The Morgan fingerprint density at radius 2 is 1.97 bits per heavy atom. The summed E-state index contributed by atoms with van der Waals surface area (Å²) in [4.78, 5) is 17.9. The van der Waals surface area contributed by atoms with Gasteiger partial charge in [0.1, 0.15) is 0 Å². The van der Waals surface area contributed by atoms with Gasteiger partial charge < -0.3 is 5.32 Å². The monoisotopic (exact) mass is 387 g/mol. The topological polar surface area (TPSA) is 46.4 Å². The Bertz CT molecular complexity index is 1140. The minimum absolute atomic E-state index is 0.295. The van der Waals surface area contributed by atoms with Gasteiger partial charge in [0, 0.05) is 11.3 Å². The fourth-order valence-electron chi connectivity index (χ4n) is 5.69. The number of anilines is 1. The van der Waals surface area contributed by atoms with Crippen LogP contribution < -0.4 is 5.32 Å². The third-order valence-electron chi connectivity index (χ3n) is 6.98. The van der Waals surface area contributed by atoms with Crippen LogP contribution >= 0.6 is 0 Å². The number of fused-ring (bicyclic) bond motifs is 4. The Kier molecular flexibility index (Phi) is 3.93. The van der Waals surface area contributed by atoms with Crippen LogP contribution in [-0.4, -0.2) is 20.7 Å². The molecule has 1 unspecified atom stereocenters. The molecule has 5 rings (SSSR count). The predicted molar refractivity (Wildman–Crippen MR) is 118 cm³/mol. The third kappa shape index (κ3) is 2.51. The second kappa shape index (κ2) is 6.19. The van der Waals surface area contributed by atoms with E-state index in [1.165, 1.54) is 34.4 Å². The smallest absolute Gasteiger partial charge is 0.167 e. The van der Waals surface area contributed by atoms with Crippen LogP contribution in [0, 0.1) is 0 Å². The van der Waals surface area contributed by atoms with Gasteiger partial charge in [0.2, 0.25) is 0 Å². The van der Waals surface area contributed by atoms with E-state index in [9.17, 15) is 4.79 Å². The molecule has 2 aliphatic rings. The number of hydrogen-bond acceptors (Lipinski definition) is 3. The first-order chi connectivity index (χ1) is 13.9. The third-order valence-corrected chi connectivity index (χ3v) is 6.98. The van der Waals surface area contributed by atoms with Crippen LogP contribution in [0.2, 0.25) is 0 Å². The Labute approximate surface area is 172 Å². The van der Waals surface area contributed by atoms with Gasteiger partial charge >= 0.3 is 0 Å². The lowest BCUT2D eigenvalue weighted by atomic mass is 9.65. The number of carbonyl (C=O) groups is 1. The first-order valence-corrected chi connectivity index (χ1v) is 10.8. The largest absolute Gasteiger partial charge is 0.373 e. The van der Waals surface area contributed by atoms with Crippen molar-refractivity contribution in [2.45, 2.75) is 70.8 Å². The Hall–Kier alpha value is -2.62. The minimum atomic E-state index is -0.543. The van der Waals surface area contributed by atoms with E-state index in [0.717, 1.165) is 36.9 Å². The summed E-state index contributed by atoms with van der Waals surface area (Å²) < 4.78 is 2.17. The standard InChI is InChI=1S/C25H29N3O/c1-5-12-25(4)20-13-19(21-11-6-8-16-14-26-15-28(16)21)17-9-7-10-18(17)22(20)27-24(2,3)23(25)29/h6,8,11,13-15,27H,5,7,9-10,12H2,1-4H3. The van der Waals surface area contributed by atoms with Crippen molar-refractivity contribution in [1.29, 1.82) is 0 Å². The van der Waals surface area contributed by atoms with Gasteiger partial charge in [0.25, 0.3) is 0 Å². The second-order valence-electron chi connectivity index (χ2n) is 9.42. The molecule has 1 aliphatic carbocycles. The highest BCUT2D eigenvalue weighted by Gasteiger charge is 2.49. The lowest BCUT2D eigenvalue weighted by Crippen LogP contribution is -2.55. The summed E-state index contributed by atoms with van der Waals surface area (Å²) in [5, 5.41) is 3.64. The van der Waals surface area contributed by atoms with E-state index in [-0.39, 0.29) is 0 Å². The Balaban J connectivity index is 1.83. The molecule has 0 saturated heterocycles. The lowest BCUT2D eigenvalue weighted by Gasteiger charge is -2.45. The van der Waals surface area contributed by atoms with E-state index >= 15 is 0 Å². The van der Waals surface area contributed by atoms with Gasteiger partial charge in [-0.05, 0) is 81.3 Å². The van der Waals surface area contributed by atoms with Crippen LogP contribution in [0.4, 0.5) is 5.69 Å².